The van der Waals surface area contributed by atoms with Crippen molar-refractivity contribution < 1.29 is 4.79 Å². The van der Waals surface area contributed by atoms with Crippen molar-refractivity contribution in [3.63, 3.8) is 0 Å². The van der Waals surface area contributed by atoms with E-state index in [0.29, 0.717) is 6.54 Å². The van der Waals surface area contributed by atoms with Crippen LogP contribution in [0.3, 0.4) is 0 Å². The highest BCUT2D eigenvalue weighted by atomic mass is 16.2. The number of hydrogen-bond acceptors (Lipinski definition) is 2. The summed E-state index contributed by atoms with van der Waals surface area (Å²) in [5, 5.41) is 3.02. The average molecular weight is 245 g/mol. The molecule has 2 amide bonds. The number of anilines is 2. The molecule has 0 aromatic heterocycles. The van der Waals surface area contributed by atoms with E-state index in [-0.39, 0.29) is 6.03 Å². The lowest BCUT2D eigenvalue weighted by Gasteiger charge is -2.34. The van der Waals surface area contributed by atoms with E-state index in [1.54, 1.807) is 4.90 Å². The first-order valence-corrected chi connectivity index (χ1v) is 6.64. The number of amides is 2. The first kappa shape index (κ1) is 11.4. The molecule has 1 N–H and O–H groups in total. The zero-order valence-electron chi connectivity index (χ0n) is 10.8. The van der Waals surface area contributed by atoms with E-state index < -0.39 is 0 Å². The Balaban J connectivity index is 1.96. The molecule has 18 heavy (non-hydrogen) atoms. The van der Waals surface area contributed by atoms with Crippen LogP contribution in [0.4, 0.5) is 16.2 Å². The Bertz CT molecular complexity index is 466. The van der Waals surface area contributed by atoms with Crippen LogP contribution < -0.4 is 10.2 Å². The van der Waals surface area contributed by atoms with Gasteiger partial charge in [-0.05, 0) is 30.9 Å². The molecule has 1 saturated heterocycles. The molecule has 3 rings (SSSR count). The van der Waals surface area contributed by atoms with Crippen LogP contribution in [0.25, 0.3) is 0 Å². The van der Waals surface area contributed by atoms with Gasteiger partial charge in [-0.15, -0.1) is 0 Å². The third-order valence-corrected chi connectivity index (χ3v) is 3.81. The van der Waals surface area contributed by atoms with E-state index in [1.807, 2.05) is 7.05 Å². The van der Waals surface area contributed by atoms with Crippen LogP contribution in [0, 0.1) is 0 Å². The second-order valence-electron chi connectivity index (χ2n) is 5.15. The number of para-hydroxylation sites is 1. The van der Waals surface area contributed by atoms with Crippen molar-refractivity contribution in [1.29, 1.82) is 0 Å². The fourth-order valence-corrected chi connectivity index (χ4v) is 2.79. The molecule has 4 heteroatoms. The molecule has 96 valence electrons. The van der Waals surface area contributed by atoms with Gasteiger partial charge in [-0.3, -0.25) is 0 Å². The monoisotopic (exact) mass is 245 g/mol. The van der Waals surface area contributed by atoms with Crippen LogP contribution in [0.1, 0.15) is 24.8 Å². The number of rotatable bonds is 1. The fourth-order valence-electron chi connectivity index (χ4n) is 2.79. The molecule has 0 spiro atoms. The van der Waals surface area contributed by atoms with Gasteiger partial charge in [0.1, 0.15) is 0 Å². The maximum atomic E-state index is 11.8. The minimum Gasteiger partial charge on any atom is -0.370 e. The summed E-state index contributed by atoms with van der Waals surface area (Å²) in [4.78, 5) is 15.9. The van der Waals surface area contributed by atoms with Crippen LogP contribution in [-0.4, -0.2) is 31.1 Å². The van der Waals surface area contributed by atoms with E-state index in [0.717, 1.165) is 18.8 Å². The van der Waals surface area contributed by atoms with Crippen LogP contribution in [-0.2, 0) is 6.54 Å². The van der Waals surface area contributed by atoms with Crippen molar-refractivity contribution in [2.75, 3.05) is 30.4 Å². The number of piperidine rings is 1. The molecule has 2 aliphatic rings. The molecule has 0 aliphatic carbocycles. The lowest BCUT2D eigenvalue weighted by atomic mass is 10.1. The fraction of sp³-hybridized carbons (Fsp3) is 0.500. The Hall–Kier alpha value is -1.71. The zero-order chi connectivity index (χ0) is 12.5. The van der Waals surface area contributed by atoms with Crippen molar-refractivity contribution in [2.24, 2.45) is 0 Å². The van der Waals surface area contributed by atoms with Crippen LogP contribution >= 0.6 is 0 Å². The predicted octanol–water partition coefficient (Wildman–Crippen LogP) is 2.65. The molecule has 1 aromatic carbocycles. The molecule has 1 fully saturated rings. The summed E-state index contributed by atoms with van der Waals surface area (Å²) in [6, 6.07) is 6.30. The lowest BCUT2D eigenvalue weighted by molar-refractivity contribution is 0.218. The average Bonchev–Trinajstić information content (AvgIpc) is 2.40. The molecular weight excluding hydrogens is 226 g/mol. The third kappa shape index (κ3) is 1.92. The number of nitrogens with one attached hydrogen (secondary N) is 1. The number of fused-ring (bicyclic) bond motifs is 1. The summed E-state index contributed by atoms with van der Waals surface area (Å²) < 4.78 is 0. The standard InChI is InChI=1S/C14H19N3O/c1-16-10-11-6-5-7-12(13(11)15-14(16)18)17-8-3-2-4-9-17/h5-7H,2-4,8-10H2,1H3,(H,15,18). The Morgan fingerprint density at radius 1 is 1.17 bits per heavy atom. The third-order valence-electron chi connectivity index (χ3n) is 3.81. The molecular formula is C14H19N3O. The highest BCUT2D eigenvalue weighted by Gasteiger charge is 2.24. The Kier molecular flexibility index (Phi) is 2.86. The van der Waals surface area contributed by atoms with E-state index in [2.05, 4.69) is 28.4 Å². The predicted molar refractivity (Wildman–Crippen MR) is 73.0 cm³/mol. The summed E-state index contributed by atoms with van der Waals surface area (Å²) in [6.07, 6.45) is 3.82. The summed E-state index contributed by atoms with van der Waals surface area (Å²) in [6.45, 7) is 2.90. The van der Waals surface area contributed by atoms with Gasteiger partial charge >= 0.3 is 6.03 Å². The first-order chi connectivity index (χ1) is 8.75. The molecule has 2 aliphatic heterocycles. The SMILES string of the molecule is CN1Cc2cccc(N3CCCCC3)c2NC1=O. The number of nitrogens with zero attached hydrogens (tertiary/aromatic N) is 2. The Morgan fingerprint density at radius 3 is 2.72 bits per heavy atom. The van der Waals surface area contributed by atoms with Crippen LogP contribution in [0.15, 0.2) is 18.2 Å². The van der Waals surface area contributed by atoms with Crippen LogP contribution in [0.2, 0.25) is 0 Å². The van der Waals surface area contributed by atoms with E-state index in [9.17, 15) is 4.79 Å². The number of hydrogen-bond donors (Lipinski definition) is 1. The highest BCUT2D eigenvalue weighted by Crippen LogP contribution is 2.34. The largest absolute Gasteiger partial charge is 0.370 e. The van der Waals surface area contributed by atoms with Crippen LogP contribution in [0.5, 0.6) is 0 Å². The Labute approximate surface area is 108 Å². The molecule has 0 saturated carbocycles. The minimum atomic E-state index is -0.00744. The first-order valence-electron chi connectivity index (χ1n) is 6.64. The summed E-state index contributed by atoms with van der Waals surface area (Å²) in [5.41, 5.74) is 3.41. The quantitative estimate of drug-likeness (QED) is 0.825. The van der Waals surface area contributed by atoms with E-state index in [4.69, 9.17) is 0 Å². The molecule has 1 aromatic rings. The molecule has 0 unspecified atom stereocenters. The van der Waals surface area contributed by atoms with Gasteiger partial charge in [-0.25, -0.2) is 4.79 Å². The smallest absolute Gasteiger partial charge is 0.321 e. The van der Waals surface area contributed by atoms with Crippen molar-refractivity contribution >= 4 is 17.4 Å². The number of carbonyl (C=O) groups is 1. The van der Waals surface area contributed by atoms with Gasteiger partial charge < -0.3 is 15.1 Å². The molecule has 4 nitrogen and oxygen atoms in total. The number of carbonyl (C=O) groups excluding carboxylic acids is 1. The summed E-state index contributed by atoms with van der Waals surface area (Å²) in [5.74, 6) is 0. The molecule has 2 heterocycles. The summed E-state index contributed by atoms with van der Waals surface area (Å²) in [7, 11) is 1.83. The van der Waals surface area contributed by atoms with Gasteiger partial charge in [0.15, 0.2) is 0 Å². The second-order valence-corrected chi connectivity index (χ2v) is 5.15. The van der Waals surface area contributed by atoms with Gasteiger partial charge in [0, 0.05) is 26.7 Å². The second kappa shape index (κ2) is 4.52. The van der Waals surface area contributed by atoms with Crippen molar-refractivity contribution in [1.82, 2.24) is 4.90 Å². The minimum absolute atomic E-state index is 0.00744. The van der Waals surface area contributed by atoms with E-state index in [1.165, 1.54) is 30.5 Å². The normalized spacial score (nSPS) is 19.5. The Morgan fingerprint density at radius 2 is 1.94 bits per heavy atom. The lowest BCUT2D eigenvalue weighted by Crippen LogP contribution is -2.37. The maximum absolute atomic E-state index is 11.8. The van der Waals surface area contributed by atoms with Gasteiger partial charge in [-0.1, -0.05) is 12.1 Å². The van der Waals surface area contributed by atoms with Crippen molar-refractivity contribution in [3.05, 3.63) is 23.8 Å². The molecule has 0 radical (unpaired) electrons. The molecule has 0 atom stereocenters. The van der Waals surface area contributed by atoms with Gasteiger partial charge in [-0.2, -0.15) is 0 Å². The highest BCUT2D eigenvalue weighted by molar-refractivity contribution is 5.96. The van der Waals surface area contributed by atoms with E-state index >= 15 is 0 Å². The number of benzene rings is 1. The zero-order valence-corrected chi connectivity index (χ0v) is 10.8. The topological polar surface area (TPSA) is 35.6 Å². The summed E-state index contributed by atoms with van der Waals surface area (Å²) >= 11 is 0. The van der Waals surface area contributed by atoms with Gasteiger partial charge in [0.2, 0.25) is 0 Å². The molecule has 0 bridgehead atoms. The van der Waals surface area contributed by atoms with Gasteiger partial charge in [0.05, 0.1) is 11.4 Å². The van der Waals surface area contributed by atoms with Gasteiger partial charge in [0.25, 0.3) is 0 Å². The number of urea groups is 1. The van der Waals surface area contributed by atoms with Crippen molar-refractivity contribution in [2.45, 2.75) is 25.8 Å². The van der Waals surface area contributed by atoms with Crippen molar-refractivity contribution in [3.8, 4) is 0 Å². The maximum Gasteiger partial charge on any atom is 0.321 e.